The first-order chi connectivity index (χ1) is 14.5. The summed E-state index contributed by atoms with van der Waals surface area (Å²) >= 11 is 0. The first-order valence-corrected chi connectivity index (χ1v) is 11.5. The maximum atomic E-state index is 13.7. The minimum Gasteiger partial charge on any atom is -0.497 e. The summed E-state index contributed by atoms with van der Waals surface area (Å²) in [5.41, 5.74) is 3.91. The third kappa shape index (κ3) is 2.92. The molecular formula is C25H23NO3S. The van der Waals surface area contributed by atoms with Gasteiger partial charge in [-0.2, -0.15) is 0 Å². The van der Waals surface area contributed by atoms with Gasteiger partial charge in [0.2, 0.25) is 0 Å². The van der Waals surface area contributed by atoms with Crippen LogP contribution in [0.25, 0.3) is 10.9 Å². The highest BCUT2D eigenvalue weighted by Crippen LogP contribution is 2.57. The number of aryl methyl sites for hydroxylation is 1. The van der Waals surface area contributed by atoms with Gasteiger partial charge < -0.3 is 4.74 Å². The van der Waals surface area contributed by atoms with Crippen molar-refractivity contribution in [2.75, 3.05) is 7.11 Å². The van der Waals surface area contributed by atoms with E-state index in [2.05, 4.69) is 12.1 Å². The number of fused-ring (bicyclic) bond motifs is 1. The van der Waals surface area contributed by atoms with Crippen molar-refractivity contribution in [1.82, 2.24) is 3.97 Å². The van der Waals surface area contributed by atoms with Gasteiger partial charge in [0.05, 0.1) is 17.5 Å². The van der Waals surface area contributed by atoms with E-state index in [4.69, 9.17) is 4.74 Å². The number of methoxy groups -OCH3 is 1. The van der Waals surface area contributed by atoms with Gasteiger partial charge in [-0.05, 0) is 60.7 Å². The van der Waals surface area contributed by atoms with Gasteiger partial charge in [-0.25, -0.2) is 12.4 Å². The van der Waals surface area contributed by atoms with Gasteiger partial charge in [0.1, 0.15) is 5.75 Å². The summed E-state index contributed by atoms with van der Waals surface area (Å²) in [5, 5.41) is 0.993. The van der Waals surface area contributed by atoms with Crippen LogP contribution >= 0.6 is 0 Å². The Labute approximate surface area is 176 Å². The molecule has 0 bridgehead atoms. The summed E-state index contributed by atoms with van der Waals surface area (Å²) in [4.78, 5) is 0.314. The number of rotatable bonds is 5. The molecule has 0 amide bonds. The third-order valence-corrected chi connectivity index (χ3v) is 7.84. The zero-order chi connectivity index (χ0) is 20.9. The van der Waals surface area contributed by atoms with Crippen LogP contribution < -0.4 is 4.74 Å². The number of hydrogen-bond acceptors (Lipinski definition) is 3. The number of benzene rings is 3. The Balaban J connectivity index is 1.66. The Bertz CT molecular complexity index is 1320. The number of aromatic nitrogens is 1. The summed E-state index contributed by atoms with van der Waals surface area (Å²) in [6.07, 6.45) is 0.938. The predicted octanol–water partition coefficient (Wildman–Crippen LogP) is 5.47. The highest BCUT2D eigenvalue weighted by Gasteiger charge is 2.44. The summed E-state index contributed by atoms with van der Waals surface area (Å²) in [7, 11) is -2.04. The van der Waals surface area contributed by atoms with Crippen LogP contribution in [-0.4, -0.2) is 19.5 Å². The van der Waals surface area contributed by atoms with E-state index in [9.17, 15) is 8.42 Å². The second-order valence-electron chi connectivity index (χ2n) is 7.83. The van der Waals surface area contributed by atoms with Gasteiger partial charge >= 0.3 is 0 Å². The Morgan fingerprint density at radius 2 is 1.53 bits per heavy atom. The average Bonchev–Trinajstić information content (AvgIpc) is 3.52. The van der Waals surface area contributed by atoms with Crippen LogP contribution in [0.1, 0.15) is 35.1 Å². The minimum absolute atomic E-state index is 0.171. The fraction of sp³-hybridized carbons (Fsp3) is 0.200. The second kappa shape index (κ2) is 7.03. The Hall–Kier alpha value is -3.05. The summed E-state index contributed by atoms with van der Waals surface area (Å²) in [5.74, 6) is 1.31. The molecular weight excluding hydrogens is 394 g/mol. The largest absolute Gasteiger partial charge is 0.497 e. The van der Waals surface area contributed by atoms with E-state index in [0.717, 1.165) is 34.3 Å². The normalized spacial score (nSPS) is 18.5. The van der Waals surface area contributed by atoms with E-state index in [1.807, 2.05) is 49.4 Å². The maximum absolute atomic E-state index is 13.7. The molecule has 0 spiro atoms. The van der Waals surface area contributed by atoms with Crippen molar-refractivity contribution >= 4 is 20.9 Å². The van der Waals surface area contributed by atoms with Crippen molar-refractivity contribution in [3.05, 3.63) is 95.7 Å². The Kier molecular flexibility index (Phi) is 4.44. The lowest BCUT2D eigenvalue weighted by Crippen LogP contribution is -2.16. The molecule has 0 saturated heterocycles. The van der Waals surface area contributed by atoms with Crippen molar-refractivity contribution in [3.8, 4) is 5.75 Å². The molecule has 0 radical (unpaired) electrons. The van der Waals surface area contributed by atoms with E-state index in [1.54, 1.807) is 35.3 Å². The van der Waals surface area contributed by atoms with Crippen LogP contribution in [0.2, 0.25) is 0 Å². The molecule has 1 heterocycles. The molecule has 4 nitrogen and oxygen atoms in total. The highest BCUT2D eigenvalue weighted by atomic mass is 32.2. The van der Waals surface area contributed by atoms with Crippen molar-refractivity contribution in [2.24, 2.45) is 0 Å². The molecule has 1 saturated carbocycles. The van der Waals surface area contributed by atoms with Gasteiger partial charge in [-0.1, -0.05) is 48.5 Å². The van der Waals surface area contributed by atoms with E-state index in [1.165, 1.54) is 5.56 Å². The molecule has 1 aliphatic rings. The van der Waals surface area contributed by atoms with Gasteiger partial charge in [0.15, 0.2) is 0 Å². The summed E-state index contributed by atoms with van der Waals surface area (Å²) < 4.78 is 34.2. The lowest BCUT2D eigenvalue weighted by atomic mass is 10.1. The summed E-state index contributed by atoms with van der Waals surface area (Å²) in [6.45, 7) is 2.04. The minimum atomic E-state index is -3.70. The molecule has 152 valence electrons. The smallest absolute Gasteiger partial charge is 0.268 e. The lowest BCUT2D eigenvalue weighted by molar-refractivity contribution is 0.414. The van der Waals surface area contributed by atoms with Gasteiger partial charge in [-0.15, -0.1) is 0 Å². The van der Waals surface area contributed by atoms with Crippen LogP contribution in [0, 0.1) is 6.92 Å². The van der Waals surface area contributed by atoms with Crippen LogP contribution in [0.5, 0.6) is 5.75 Å². The van der Waals surface area contributed by atoms with Gasteiger partial charge in [-0.3, -0.25) is 0 Å². The van der Waals surface area contributed by atoms with Crippen molar-refractivity contribution in [3.63, 3.8) is 0 Å². The molecule has 1 aromatic heterocycles. The molecule has 1 unspecified atom stereocenters. The van der Waals surface area contributed by atoms with Crippen LogP contribution in [0.3, 0.4) is 0 Å². The zero-order valence-corrected chi connectivity index (χ0v) is 17.8. The third-order valence-electron chi connectivity index (χ3n) is 6.10. The van der Waals surface area contributed by atoms with E-state index in [-0.39, 0.29) is 5.92 Å². The zero-order valence-electron chi connectivity index (χ0n) is 16.9. The van der Waals surface area contributed by atoms with E-state index in [0.29, 0.717) is 10.8 Å². The standard InChI is InChI=1S/C25H23NO3S/c1-17-21-10-6-7-11-24(21)26(30(27,28)20-8-4-3-5-9-20)25(17)23-16-22(23)18-12-14-19(29-2)15-13-18/h3-15,22-23H,16H2,1-2H3/t22-,23?/m0/s1. The van der Waals surface area contributed by atoms with Gasteiger partial charge in [0.25, 0.3) is 10.0 Å². The van der Waals surface area contributed by atoms with Crippen LogP contribution in [0.4, 0.5) is 0 Å². The number of hydrogen-bond donors (Lipinski definition) is 0. The molecule has 1 aliphatic carbocycles. The first kappa shape index (κ1) is 18.9. The fourth-order valence-corrected chi connectivity index (χ4v) is 6.15. The van der Waals surface area contributed by atoms with E-state index < -0.39 is 10.0 Å². The second-order valence-corrected chi connectivity index (χ2v) is 9.62. The van der Waals surface area contributed by atoms with Crippen molar-refractivity contribution < 1.29 is 13.2 Å². The van der Waals surface area contributed by atoms with Crippen LogP contribution in [0.15, 0.2) is 83.8 Å². The van der Waals surface area contributed by atoms with Crippen molar-refractivity contribution in [2.45, 2.75) is 30.1 Å². The molecule has 0 N–H and O–H groups in total. The quantitative estimate of drug-likeness (QED) is 0.433. The topological polar surface area (TPSA) is 48.3 Å². The SMILES string of the molecule is COc1ccc([C@@H]2CC2c2c(C)c3ccccc3n2S(=O)(=O)c2ccccc2)cc1. The molecule has 30 heavy (non-hydrogen) atoms. The molecule has 5 rings (SSSR count). The van der Waals surface area contributed by atoms with Crippen molar-refractivity contribution in [1.29, 1.82) is 0 Å². The van der Waals surface area contributed by atoms with Crippen LogP contribution in [-0.2, 0) is 10.0 Å². The maximum Gasteiger partial charge on any atom is 0.268 e. The molecule has 5 heteroatoms. The molecule has 0 aliphatic heterocycles. The fourth-order valence-electron chi connectivity index (χ4n) is 4.49. The lowest BCUT2D eigenvalue weighted by Gasteiger charge is -2.13. The van der Waals surface area contributed by atoms with Gasteiger partial charge in [0, 0.05) is 17.0 Å². The number of para-hydroxylation sites is 1. The Morgan fingerprint density at radius 1 is 0.867 bits per heavy atom. The number of nitrogens with zero attached hydrogens (tertiary/aromatic N) is 1. The monoisotopic (exact) mass is 417 g/mol. The highest BCUT2D eigenvalue weighted by molar-refractivity contribution is 7.90. The van der Waals surface area contributed by atoms with E-state index >= 15 is 0 Å². The summed E-state index contributed by atoms with van der Waals surface area (Å²) in [6, 6.07) is 24.6. The molecule has 3 aromatic carbocycles. The number of ether oxygens (including phenoxy) is 1. The molecule has 1 fully saturated rings. The molecule has 2 atom stereocenters. The first-order valence-electron chi connectivity index (χ1n) is 10.1. The molecule has 4 aromatic rings. The average molecular weight is 418 g/mol. The Morgan fingerprint density at radius 3 is 2.23 bits per heavy atom. The predicted molar refractivity (Wildman–Crippen MR) is 119 cm³/mol.